The van der Waals surface area contributed by atoms with Crippen molar-refractivity contribution in [2.75, 3.05) is 13.1 Å². The maximum absolute atomic E-state index is 5.68. The van der Waals surface area contributed by atoms with Crippen LogP contribution in [0, 0.1) is 11.3 Å². The maximum Gasteiger partial charge on any atom is 0.107 e. The Morgan fingerprint density at radius 1 is 1.44 bits per heavy atom. The van der Waals surface area contributed by atoms with Crippen molar-refractivity contribution in [2.24, 2.45) is 11.3 Å². The number of hydrogen-bond acceptors (Lipinski definition) is 2. The number of rotatable bonds is 4. The molecule has 2 aliphatic rings. The minimum Gasteiger partial charge on any atom is -0.469 e. The van der Waals surface area contributed by atoms with E-state index in [0.29, 0.717) is 10.8 Å². The Morgan fingerprint density at radius 2 is 2.28 bits per heavy atom. The molecule has 0 aliphatic heterocycles. The van der Waals surface area contributed by atoms with Crippen LogP contribution in [-0.4, -0.2) is 13.1 Å². The first-order valence-electron chi connectivity index (χ1n) is 7.42. The van der Waals surface area contributed by atoms with Crippen LogP contribution in [0.4, 0.5) is 0 Å². The largest absolute Gasteiger partial charge is 0.469 e. The Hall–Kier alpha value is -0.760. The maximum atomic E-state index is 5.68. The number of hydrogen-bond donors (Lipinski definition) is 1. The van der Waals surface area contributed by atoms with E-state index in [0.717, 1.165) is 25.4 Å². The topological polar surface area (TPSA) is 25.2 Å². The second kappa shape index (κ2) is 4.12. The van der Waals surface area contributed by atoms with Crippen molar-refractivity contribution in [3.05, 3.63) is 23.7 Å². The van der Waals surface area contributed by atoms with E-state index in [9.17, 15) is 0 Å². The molecule has 0 radical (unpaired) electrons. The van der Waals surface area contributed by atoms with E-state index in [2.05, 4.69) is 32.2 Å². The van der Waals surface area contributed by atoms with Crippen molar-refractivity contribution in [3.63, 3.8) is 0 Å². The van der Waals surface area contributed by atoms with Crippen LogP contribution < -0.4 is 5.32 Å². The third-order valence-corrected chi connectivity index (χ3v) is 5.51. The second-order valence-electron chi connectivity index (χ2n) is 6.56. The number of furan rings is 1. The van der Waals surface area contributed by atoms with E-state index in [4.69, 9.17) is 4.42 Å². The van der Waals surface area contributed by atoms with Gasteiger partial charge in [0.05, 0.1) is 6.26 Å². The molecule has 1 N–H and O–H groups in total. The highest BCUT2D eigenvalue weighted by atomic mass is 16.3. The molecule has 0 saturated heterocycles. The lowest BCUT2D eigenvalue weighted by molar-refractivity contribution is 0.391. The zero-order valence-electron chi connectivity index (χ0n) is 11.9. The van der Waals surface area contributed by atoms with Gasteiger partial charge in [0.25, 0.3) is 0 Å². The summed E-state index contributed by atoms with van der Waals surface area (Å²) in [5.74, 6) is 2.03. The molecule has 0 bridgehead atoms. The lowest BCUT2D eigenvalue weighted by Crippen LogP contribution is -2.24. The Balaban J connectivity index is 1.84. The van der Waals surface area contributed by atoms with Gasteiger partial charge in [-0.2, -0.15) is 0 Å². The van der Waals surface area contributed by atoms with Gasteiger partial charge in [0, 0.05) is 17.4 Å². The van der Waals surface area contributed by atoms with E-state index in [1.807, 2.05) is 6.26 Å². The molecule has 100 valence electrons. The van der Waals surface area contributed by atoms with E-state index < -0.39 is 0 Å². The summed E-state index contributed by atoms with van der Waals surface area (Å²) in [4.78, 5) is 0. The second-order valence-corrected chi connectivity index (χ2v) is 6.56. The van der Waals surface area contributed by atoms with Crippen LogP contribution in [-0.2, 0) is 11.8 Å². The molecule has 2 nitrogen and oxygen atoms in total. The quantitative estimate of drug-likeness (QED) is 0.824. The third-order valence-electron chi connectivity index (χ3n) is 5.51. The first-order valence-corrected chi connectivity index (χ1v) is 7.42. The van der Waals surface area contributed by atoms with Crippen LogP contribution in [0.15, 0.2) is 16.7 Å². The summed E-state index contributed by atoms with van der Waals surface area (Å²) < 4.78 is 5.68. The van der Waals surface area contributed by atoms with Crippen LogP contribution in [0.25, 0.3) is 0 Å². The Kier molecular flexibility index (Phi) is 2.81. The predicted molar refractivity (Wildman–Crippen MR) is 73.8 cm³/mol. The molecule has 18 heavy (non-hydrogen) atoms. The Morgan fingerprint density at radius 3 is 3.06 bits per heavy atom. The molecule has 1 aromatic rings. The minimum atomic E-state index is 0.397. The van der Waals surface area contributed by atoms with Crippen LogP contribution in [0.5, 0.6) is 0 Å². The van der Waals surface area contributed by atoms with Crippen LogP contribution in [0.2, 0.25) is 0 Å². The zero-order chi connectivity index (χ0) is 12.8. The van der Waals surface area contributed by atoms with E-state index in [1.54, 1.807) is 0 Å². The first kappa shape index (κ1) is 12.3. The molecule has 3 rings (SSSR count). The molecule has 0 aromatic carbocycles. The number of fused-ring (bicyclic) bond motifs is 2. The van der Waals surface area contributed by atoms with Gasteiger partial charge in [-0.3, -0.25) is 0 Å². The van der Waals surface area contributed by atoms with Gasteiger partial charge in [0.1, 0.15) is 5.76 Å². The number of aryl methyl sites for hydroxylation is 1. The predicted octanol–water partition coefficient (Wildman–Crippen LogP) is 3.51. The van der Waals surface area contributed by atoms with Crippen LogP contribution in [0.3, 0.4) is 0 Å². The summed E-state index contributed by atoms with van der Waals surface area (Å²) in [5, 5.41) is 3.62. The summed E-state index contributed by atoms with van der Waals surface area (Å²) >= 11 is 0. The third kappa shape index (κ3) is 1.45. The molecular weight excluding hydrogens is 222 g/mol. The van der Waals surface area contributed by atoms with E-state index in [1.165, 1.54) is 30.6 Å². The Bertz CT molecular complexity index is 434. The lowest BCUT2D eigenvalue weighted by Gasteiger charge is -2.25. The highest BCUT2D eigenvalue weighted by Crippen LogP contribution is 2.73. The molecule has 1 spiro atoms. The average Bonchev–Trinajstić information content (AvgIpc) is 2.73. The lowest BCUT2D eigenvalue weighted by atomic mass is 9.78. The fourth-order valence-electron chi connectivity index (χ4n) is 4.44. The van der Waals surface area contributed by atoms with Crippen molar-refractivity contribution >= 4 is 0 Å². The highest BCUT2D eigenvalue weighted by Gasteiger charge is 2.71. The molecule has 1 aromatic heterocycles. The zero-order valence-corrected chi connectivity index (χ0v) is 11.9. The smallest absolute Gasteiger partial charge is 0.107 e. The van der Waals surface area contributed by atoms with Gasteiger partial charge >= 0.3 is 0 Å². The molecule has 1 heterocycles. The standard InChI is InChI=1S/C16H25NO/c1-4-9-17-11-14-15(2,3)16(14)8-5-6-13-12(16)7-10-18-13/h7,10,14,17H,4-6,8-9,11H2,1-3H3. The minimum absolute atomic E-state index is 0.397. The number of nitrogens with one attached hydrogen (secondary N) is 1. The summed E-state index contributed by atoms with van der Waals surface area (Å²) in [6, 6.07) is 2.23. The summed E-state index contributed by atoms with van der Waals surface area (Å²) in [5.41, 5.74) is 2.34. The van der Waals surface area contributed by atoms with Gasteiger partial charge in [0.15, 0.2) is 0 Å². The van der Waals surface area contributed by atoms with E-state index >= 15 is 0 Å². The molecule has 1 fully saturated rings. The monoisotopic (exact) mass is 247 g/mol. The molecule has 2 unspecified atom stereocenters. The fourth-order valence-corrected chi connectivity index (χ4v) is 4.44. The van der Waals surface area contributed by atoms with Crippen molar-refractivity contribution in [2.45, 2.75) is 51.9 Å². The van der Waals surface area contributed by atoms with Crippen molar-refractivity contribution in [1.82, 2.24) is 5.32 Å². The Labute approximate surface area is 110 Å². The summed E-state index contributed by atoms with van der Waals surface area (Å²) in [7, 11) is 0. The molecular formula is C16H25NO. The van der Waals surface area contributed by atoms with Gasteiger partial charge in [-0.05, 0) is 49.8 Å². The summed E-state index contributed by atoms with van der Waals surface area (Å²) in [6.07, 6.45) is 6.87. The molecule has 2 heteroatoms. The van der Waals surface area contributed by atoms with Crippen molar-refractivity contribution in [1.29, 1.82) is 0 Å². The van der Waals surface area contributed by atoms with E-state index in [-0.39, 0.29) is 0 Å². The van der Waals surface area contributed by atoms with Gasteiger partial charge in [-0.1, -0.05) is 20.8 Å². The van der Waals surface area contributed by atoms with Gasteiger partial charge in [0.2, 0.25) is 0 Å². The van der Waals surface area contributed by atoms with Gasteiger partial charge < -0.3 is 9.73 Å². The SMILES string of the molecule is CCCNCC1C(C)(C)C12CCCc1occc12. The summed E-state index contributed by atoms with van der Waals surface area (Å²) in [6.45, 7) is 9.41. The fraction of sp³-hybridized carbons (Fsp3) is 0.750. The molecule has 2 aliphatic carbocycles. The average molecular weight is 247 g/mol. The first-order chi connectivity index (χ1) is 8.64. The van der Waals surface area contributed by atoms with Crippen molar-refractivity contribution in [3.8, 4) is 0 Å². The highest BCUT2D eigenvalue weighted by molar-refractivity contribution is 5.44. The van der Waals surface area contributed by atoms with Crippen molar-refractivity contribution < 1.29 is 4.42 Å². The molecule has 1 saturated carbocycles. The van der Waals surface area contributed by atoms with Gasteiger partial charge in [-0.15, -0.1) is 0 Å². The molecule has 0 amide bonds. The molecule has 2 atom stereocenters. The van der Waals surface area contributed by atoms with Crippen LogP contribution in [0.1, 0.15) is 51.4 Å². The van der Waals surface area contributed by atoms with Gasteiger partial charge in [-0.25, -0.2) is 0 Å². The van der Waals surface area contributed by atoms with Crippen LogP contribution >= 0.6 is 0 Å². The normalized spacial score (nSPS) is 32.5.